The molecule has 1 aliphatic rings. The zero-order valence-corrected chi connectivity index (χ0v) is 11.4. The Hall–Kier alpha value is -1.09. The Kier molecular flexibility index (Phi) is 3.91. The van der Waals surface area contributed by atoms with Crippen molar-refractivity contribution in [3.8, 4) is 0 Å². The van der Waals surface area contributed by atoms with Crippen molar-refractivity contribution in [3.05, 3.63) is 29.6 Å². The van der Waals surface area contributed by atoms with Crippen molar-refractivity contribution in [3.63, 3.8) is 0 Å². The van der Waals surface area contributed by atoms with E-state index in [1.165, 1.54) is 25.0 Å². The maximum atomic E-state index is 13.3. The molecule has 0 aliphatic heterocycles. The Morgan fingerprint density at radius 3 is 2.50 bits per heavy atom. The van der Waals surface area contributed by atoms with Gasteiger partial charge >= 0.3 is 0 Å². The summed E-state index contributed by atoms with van der Waals surface area (Å²) in [5, 5.41) is 9.82. The predicted octanol–water partition coefficient (Wildman–Crippen LogP) is 3.50. The van der Waals surface area contributed by atoms with Crippen molar-refractivity contribution in [1.29, 1.82) is 0 Å². The second kappa shape index (κ2) is 5.27. The van der Waals surface area contributed by atoms with E-state index >= 15 is 0 Å². The average molecular weight is 251 g/mol. The van der Waals surface area contributed by atoms with Gasteiger partial charge in [0.25, 0.3) is 0 Å². The molecule has 0 saturated heterocycles. The molecular formula is C15H22FNO. The first-order chi connectivity index (χ1) is 8.49. The molecule has 1 fully saturated rings. The van der Waals surface area contributed by atoms with Gasteiger partial charge in [-0.3, -0.25) is 0 Å². The summed E-state index contributed by atoms with van der Waals surface area (Å²) in [4.78, 5) is 2.33. The summed E-state index contributed by atoms with van der Waals surface area (Å²) in [5.41, 5.74) is 1.69. The Morgan fingerprint density at radius 2 is 2.00 bits per heavy atom. The van der Waals surface area contributed by atoms with E-state index in [2.05, 4.69) is 18.7 Å². The van der Waals surface area contributed by atoms with E-state index in [0.29, 0.717) is 17.5 Å². The van der Waals surface area contributed by atoms with Crippen molar-refractivity contribution in [1.82, 2.24) is 0 Å². The fraction of sp³-hybridized carbons (Fsp3) is 0.600. The van der Waals surface area contributed by atoms with Gasteiger partial charge in [-0.15, -0.1) is 0 Å². The van der Waals surface area contributed by atoms with Crippen molar-refractivity contribution in [2.75, 3.05) is 11.4 Å². The summed E-state index contributed by atoms with van der Waals surface area (Å²) in [6.07, 6.45) is 1.76. The fourth-order valence-electron chi connectivity index (χ4n) is 2.35. The molecule has 0 aromatic heterocycles. The lowest BCUT2D eigenvalue weighted by molar-refractivity contribution is 0.199. The summed E-state index contributed by atoms with van der Waals surface area (Å²) in [7, 11) is 0. The minimum atomic E-state index is -0.635. The zero-order valence-electron chi connectivity index (χ0n) is 11.4. The smallest absolute Gasteiger partial charge is 0.123 e. The SMILES string of the molecule is CC(C)CN(c1ccc(F)cc1[C@H](C)O)C1CC1. The standard InChI is InChI=1S/C15H22FNO/c1-10(2)9-17(13-5-6-13)15-7-4-12(16)8-14(15)11(3)18/h4,7-8,10-11,13,18H,5-6,9H2,1-3H3/t11-/m0/s1. The minimum absolute atomic E-state index is 0.282. The summed E-state index contributed by atoms with van der Waals surface area (Å²) in [6, 6.07) is 5.31. The van der Waals surface area contributed by atoms with E-state index in [9.17, 15) is 9.50 Å². The molecule has 0 radical (unpaired) electrons. The molecule has 2 nitrogen and oxygen atoms in total. The van der Waals surface area contributed by atoms with Crippen molar-refractivity contribution in [2.45, 2.75) is 45.8 Å². The molecule has 0 unspecified atom stereocenters. The van der Waals surface area contributed by atoms with Crippen molar-refractivity contribution >= 4 is 5.69 Å². The van der Waals surface area contributed by atoms with Crippen LogP contribution in [0.2, 0.25) is 0 Å². The van der Waals surface area contributed by atoms with Gasteiger partial charge in [0.15, 0.2) is 0 Å². The fourth-order valence-corrected chi connectivity index (χ4v) is 2.35. The number of nitrogens with zero attached hydrogens (tertiary/aromatic N) is 1. The molecule has 1 saturated carbocycles. The largest absolute Gasteiger partial charge is 0.389 e. The molecule has 1 aromatic rings. The summed E-state index contributed by atoms with van der Waals surface area (Å²) in [6.45, 7) is 7.01. The summed E-state index contributed by atoms with van der Waals surface area (Å²) in [5.74, 6) is 0.271. The Bertz CT molecular complexity index is 413. The molecule has 18 heavy (non-hydrogen) atoms. The highest BCUT2D eigenvalue weighted by Gasteiger charge is 2.31. The predicted molar refractivity (Wildman–Crippen MR) is 72.2 cm³/mol. The molecule has 1 aromatic carbocycles. The van der Waals surface area contributed by atoms with E-state index in [1.807, 2.05) is 0 Å². The number of benzene rings is 1. The van der Waals surface area contributed by atoms with E-state index in [0.717, 1.165) is 12.2 Å². The summed E-state index contributed by atoms with van der Waals surface area (Å²) < 4.78 is 13.3. The first-order valence-electron chi connectivity index (χ1n) is 6.73. The van der Waals surface area contributed by atoms with Crippen LogP contribution in [0.15, 0.2) is 18.2 Å². The molecule has 3 heteroatoms. The molecule has 0 spiro atoms. The quantitative estimate of drug-likeness (QED) is 0.865. The van der Waals surface area contributed by atoms with Crippen LogP contribution in [0.1, 0.15) is 45.3 Å². The van der Waals surface area contributed by atoms with Crippen LogP contribution in [0.3, 0.4) is 0 Å². The molecule has 0 bridgehead atoms. The minimum Gasteiger partial charge on any atom is -0.389 e. The van der Waals surface area contributed by atoms with E-state index in [4.69, 9.17) is 0 Å². The monoisotopic (exact) mass is 251 g/mol. The van der Waals surface area contributed by atoms with Gasteiger partial charge in [0.05, 0.1) is 6.10 Å². The zero-order chi connectivity index (χ0) is 13.3. The number of hydrogen-bond acceptors (Lipinski definition) is 2. The van der Waals surface area contributed by atoms with Crippen molar-refractivity contribution < 1.29 is 9.50 Å². The van der Waals surface area contributed by atoms with E-state index in [1.54, 1.807) is 13.0 Å². The highest BCUT2D eigenvalue weighted by Crippen LogP contribution is 2.36. The third-order valence-electron chi connectivity index (χ3n) is 3.30. The van der Waals surface area contributed by atoms with Crippen LogP contribution in [0.25, 0.3) is 0 Å². The summed E-state index contributed by atoms with van der Waals surface area (Å²) >= 11 is 0. The molecular weight excluding hydrogens is 229 g/mol. The number of aliphatic hydroxyl groups is 1. The highest BCUT2D eigenvalue weighted by molar-refractivity contribution is 5.56. The third-order valence-corrected chi connectivity index (χ3v) is 3.30. The second-order valence-electron chi connectivity index (χ2n) is 5.66. The lowest BCUT2D eigenvalue weighted by Gasteiger charge is -2.29. The Balaban J connectivity index is 2.34. The molecule has 100 valence electrons. The number of anilines is 1. The lowest BCUT2D eigenvalue weighted by Crippen LogP contribution is -2.31. The Labute approximate surface area is 108 Å². The number of halogens is 1. The molecule has 0 heterocycles. The first kappa shape index (κ1) is 13.3. The topological polar surface area (TPSA) is 23.5 Å². The van der Waals surface area contributed by atoms with Gasteiger partial charge < -0.3 is 10.0 Å². The maximum Gasteiger partial charge on any atom is 0.123 e. The molecule has 1 atom stereocenters. The number of aliphatic hydroxyl groups excluding tert-OH is 1. The molecule has 1 aliphatic carbocycles. The van der Waals surface area contributed by atoms with Gasteiger partial charge in [-0.1, -0.05) is 13.8 Å². The van der Waals surface area contributed by atoms with Crippen LogP contribution in [-0.2, 0) is 0 Å². The van der Waals surface area contributed by atoms with E-state index in [-0.39, 0.29) is 5.82 Å². The van der Waals surface area contributed by atoms with Gasteiger partial charge in [0.1, 0.15) is 5.82 Å². The van der Waals surface area contributed by atoms with Gasteiger partial charge in [0, 0.05) is 23.8 Å². The van der Waals surface area contributed by atoms with Gasteiger partial charge in [-0.05, 0) is 43.9 Å². The molecule has 0 amide bonds. The van der Waals surface area contributed by atoms with Crippen LogP contribution >= 0.6 is 0 Å². The molecule has 1 N–H and O–H groups in total. The second-order valence-corrected chi connectivity index (χ2v) is 5.66. The van der Waals surface area contributed by atoms with Gasteiger partial charge in [-0.25, -0.2) is 4.39 Å². The van der Waals surface area contributed by atoms with Crippen LogP contribution < -0.4 is 4.90 Å². The van der Waals surface area contributed by atoms with Crippen molar-refractivity contribution in [2.24, 2.45) is 5.92 Å². The van der Waals surface area contributed by atoms with Gasteiger partial charge in [0.2, 0.25) is 0 Å². The normalized spacial score (nSPS) is 17.0. The van der Waals surface area contributed by atoms with E-state index < -0.39 is 6.10 Å². The number of rotatable bonds is 5. The lowest BCUT2D eigenvalue weighted by atomic mass is 10.1. The van der Waals surface area contributed by atoms with Crippen LogP contribution in [0.4, 0.5) is 10.1 Å². The highest BCUT2D eigenvalue weighted by atomic mass is 19.1. The Morgan fingerprint density at radius 1 is 1.33 bits per heavy atom. The maximum absolute atomic E-state index is 13.3. The third kappa shape index (κ3) is 3.02. The van der Waals surface area contributed by atoms with Crippen LogP contribution in [-0.4, -0.2) is 17.7 Å². The first-order valence-corrected chi connectivity index (χ1v) is 6.73. The average Bonchev–Trinajstić information content (AvgIpc) is 3.09. The van der Waals surface area contributed by atoms with Gasteiger partial charge in [-0.2, -0.15) is 0 Å². The molecule has 2 rings (SSSR count). The van der Waals surface area contributed by atoms with Crippen LogP contribution in [0, 0.1) is 11.7 Å². The van der Waals surface area contributed by atoms with Crippen LogP contribution in [0.5, 0.6) is 0 Å². The number of hydrogen-bond donors (Lipinski definition) is 1.